The Hall–Kier alpha value is -1.75. The van der Waals surface area contributed by atoms with Gasteiger partial charge in [-0.3, -0.25) is 0 Å². The zero-order valence-electron chi connectivity index (χ0n) is 9.53. The van der Waals surface area contributed by atoms with Gasteiger partial charge in [-0.05, 0) is 19.1 Å². The van der Waals surface area contributed by atoms with Crippen LogP contribution in [-0.4, -0.2) is 17.3 Å². The second-order valence-corrected chi connectivity index (χ2v) is 3.83. The molecule has 0 aliphatic heterocycles. The number of benzene rings is 1. The van der Waals surface area contributed by atoms with Crippen molar-refractivity contribution in [1.29, 1.82) is 0 Å². The van der Waals surface area contributed by atoms with Crippen molar-refractivity contribution in [2.75, 3.05) is 12.4 Å². The molecule has 0 bridgehead atoms. The van der Waals surface area contributed by atoms with Gasteiger partial charge in [0.15, 0.2) is 5.82 Å². The Morgan fingerprint density at radius 2 is 2.29 bits per heavy atom. The Morgan fingerprint density at radius 3 is 2.94 bits per heavy atom. The van der Waals surface area contributed by atoms with Crippen LogP contribution < -0.4 is 10.1 Å². The lowest BCUT2D eigenvalue weighted by Crippen LogP contribution is -2.02. The van der Waals surface area contributed by atoms with E-state index in [1.165, 1.54) is 0 Å². The third kappa shape index (κ3) is 2.68. The van der Waals surface area contributed by atoms with Crippen molar-refractivity contribution >= 4 is 17.6 Å². The quantitative estimate of drug-likeness (QED) is 0.908. The van der Waals surface area contributed by atoms with Crippen molar-refractivity contribution in [3.63, 3.8) is 0 Å². The molecule has 2 rings (SSSR count). The fraction of sp³-hybridized carbons (Fsp3) is 0.273. The maximum absolute atomic E-state index is 6.09. The van der Waals surface area contributed by atoms with E-state index >= 15 is 0 Å². The van der Waals surface area contributed by atoms with Gasteiger partial charge >= 0.3 is 6.01 Å². The van der Waals surface area contributed by atoms with E-state index in [2.05, 4.69) is 15.5 Å². The van der Waals surface area contributed by atoms with Crippen molar-refractivity contribution in [2.45, 2.75) is 13.5 Å². The lowest BCUT2D eigenvalue weighted by Gasteiger charge is -2.09. The number of nitrogens with zero attached hydrogens (tertiary/aromatic N) is 2. The normalized spacial score (nSPS) is 10.3. The Morgan fingerprint density at radius 1 is 1.47 bits per heavy atom. The summed E-state index contributed by atoms with van der Waals surface area (Å²) in [7, 11) is 1.60. The number of ether oxygens (including phenoxy) is 1. The van der Waals surface area contributed by atoms with Crippen LogP contribution in [0.15, 0.2) is 22.7 Å². The van der Waals surface area contributed by atoms with E-state index in [1.54, 1.807) is 20.1 Å². The number of rotatable bonds is 4. The minimum atomic E-state index is 0.365. The SMILES string of the molecule is COc1cccc(Cl)c1CNc1nc(C)no1. The van der Waals surface area contributed by atoms with E-state index in [0.717, 1.165) is 11.3 Å². The van der Waals surface area contributed by atoms with Gasteiger partial charge in [-0.25, -0.2) is 0 Å². The number of hydrogen-bond acceptors (Lipinski definition) is 5. The Balaban J connectivity index is 2.13. The van der Waals surface area contributed by atoms with Crippen molar-refractivity contribution in [3.8, 4) is 5.75 Å². The van der Waals surface area contributed by atoms with Crippen LogP contribution in [0.1, 0.15) is 11.4 Å². The van der Waals surface area contributed by atoms with Gasteiger partial charge in [0, 0.05) is 17.1 Å². The maximum Gasteiger partial charge on any atom is 0.321 e. The first-order valence-corrected chi connectivity index (χ1v) is 5.44. The smallest absolute Gasteiger partial charge is 0.321 e. The number of anilines is 1. The fourth-order valence-corrected chi connectivity index (χ4v) is 1.67. The molecule has 1 aromatic heterocycles. The van der Waals surface area contributed by atoms with Gasteiger partial charge in [0.25, 0.3) is 0 Å². The van der Waals surface area contributed by atoms with Crippen molar-refractivity contribution < 1.29 is 9.26 Å². The lowest BCUT2D eigenvalue weighted by atomic mass is 10.2. The number of hydrogen-bond donors (Lipinski definition) is 1. The van der Waals surface area contributed by atoms with Gasteiger partial charge in [0.05, 0.1) is 7.11 Å². The summed E-state index contributed by atoms with van der Waals surface area (Å²) in [5.41, 5.74) is 0.854. The minimum absolute atomic E-state index is 0.365. The third-order valence-corrected chi connectivity index (χ3v) is 2.59. The first-order chi connectivity index (χ1) is 8.20. The van der Waals surface area contributed by atoms with Gasteiger partial charge in [-0.15, -0.1) is 0 Å². The molecule has 1 heterocycles. The van der Waals surface area contributed by atoms with Gasteiger partial charge < -0.3 is 14.6 Å². The molecule has 0 aliphatic carbocycles. The molecule has 0 atom stereocenters. The standard InChI is InChI=1S/C11H12ClN3O2/c1-7-14-11(17-15-7)13-6-8-9(12)4-3-5-10(8)16-2/h3-5H,6H2,1-2H3,(H,13,14,15). The molecule has 6 heteroatoms. The van der Waals surface area contributed by atoms with Crippen LogP contribution >= 0.6 is 11.6 Å². The van der Waals surface area contributed by atoms with Crippen LogP contribution in [0.2, 0.25) is 5.02 Å². The number of halogens is 1. The van der Waals surface area contributed by atoms with Gasteiger partial charge in [-0.2, -0.15) is 4.98 Å². The molecule has 17 heavy (non-hydrogen) atoms. The topological polar surface area (TPSA) is 60.2 Å². The number of aromatic nitrogens is 2. The highest BCUT2D eigenvalue weighted by molar-refractivity contribution is 6.31. The fourth-order valence-electron chi connectivity index (χ4n) is 1.43. The summed E-state index contributed by atoms with van der Waals surface area (Å²) in [6.07, 6.45) is 0. The van der Waals surface area contributed by atoms with Crippen LogP contribution in [0, 0.1) is 6.92 Å². The molecule has 0 amide bonds. The zero-order valence-corrected chi connectivity index (χ0v) is 10.3. The second kappa shape index (κ2) is 5.05. The summed E-state index contributed by atoms with van der Waals surface area (Å²) in [5.74, 6) is 1.31. The van der Waals surface area contributed by atoms with E-state index in [1.807, 2.05) is 12.1 Å². The molecule has 0 radical (unpaired) electrons. The molecular weight excluding hydrogens is 242 g/mol. The second-order valence-electron chi connectivity index (χ2n) is 3.42. The number of methoxy groups -OCH3 is 1. The van der Waals surface area contributed by atoms with Gasteiger partial charge in [0.2, 0.25) is 0 Å². The summed E-state index contributed by atoms with van der Waals surface area (Å²) >= 11 is 6.09. The summed E-state index contributed by atoms with van der Waals surface area (Å²) in [6.45, 7) is 2.22. The largest absolute Gasteiger partial charge is 0.496 e. The molecule has 0 saturated carbocycles. The highest BCUT2D eigenvalue weighted by atomic mass is 35.5. The molecular formula is C11H12ClN3O2. The van der Waals surface area contributed by atoms with Crippen molar-refractivity contribution in [2.24, 2.45) is 0 Å². The van der Waals surface area contributed by atoms with Crippen molar-refractivity contribution in [1.82, 2.24) is 10.1 Å². The molecule has 90 valence electrons. The predicted octanol–water partition coefficient (Wildman–Crippen LogP) is 2.65. The first kappa shape index (κ1) is 11.7. The van der Waals surface area contributed by atoms with E-state index in [-0.39, 0.29) is 0 Å². The van der Waals surface area contributed by atoms with Crippen LogP contribution in [0.25, 0.3) is 0 Å². The van der Waals surface area contributed by atoms with Gasteiger partial charge in [-0.1, -0.05) is 22.8 Å². The van der Waals surface area contributed by atoms with Crippen LogP contribution in [0.5, 0.6) is 5.75 Å². The van der Waals surface area contributed by atoms with E-state index in [0.29, 0.717) is 23.4 Å². The molecule has 0 saturated heterocycles. The molecule has 0 spiro atoms. The molecule has 0 fully saturated rings. The number of aryl methyl sites for hydroxylation is 1. The van der Waals surface area contributed by atoms with Crippen LogP contribution in [-0.2, 0) is 6.54 Å². The highest BCUT2D eigenvalue weighted by Crippen LogP contribution is 2.26. The van der Waals surface area contributed by atoms with Crippen LogP contribution in [0.3, 0.4) is 0 Å². The third-order valence-electron chi connectivity index (χ3n) is 2.24. The Labute approximate surface area is 104 Å². The van der Waals surface area contributed by atoms with Gasteiger partial charge in [0.1, 0.15) is 5.75 Å². The summed E-state index contributed by atoms with van der Waals surface area (Å²) in [4.78, 5) is 4.04. The van der Waals surface area contributed by atoms with Crippen LogP contribution in [0.4, 0.5) is 6.01 Å². The summed E-state index contributed by atoms with van der Waals surface area (Å²) in [6, 6.07) is 5.85. The molecule has 0 aliphatic rings. The highest BCUT2D eigenvalue weighted by Gasteiger charge is 2.09. The van der Waals surface area contributed by atoms with Crippen molar-refractivity contribution in [3.05, 3.63) is 34.6 Å². The predicted molar refractivity (Wildman–Crippen MR) is 64.4 cm³/mol. The average Bonchev–Trinajstić information content (AvgIpc) is 2.73. The average molecular weight is 254 g/mol. The lowest BCUT2D eigenvalue weighted by molar-refractivity contribution is 0.408. The number of nitrogens with one attached hydrogen (secondary N) is 1. The summed E-state index contributed by atoms with van der Waals surface area (Å²) < 4.78 is 10.2. The zero-order chi connectivity index (χ0) is 12.3. The summed E-state index contributed by atoms with van der Waals surface area (Å²) in [5, 5.41) is 7.31. The molecule has 1 aromatic carbocycles. The molecule has 5 nitrogen and oxygen atoms in total. The first-order valence-electron chi connectivity index (χ1n) is 5.06. The maximum atomic E-state index is 6.09. The van der Waals surface area contributed by atoms with E-state index in [4.69, 9.17) is 20.9 Å². The van der Waals surface area contributed by atoms with E-state index < -0.39 is 0 Å². The Bertz CT molecular complexity index is 513. The molecule has 1 N–H and O–H groups in total. The molecule has 2 aromatic rings. The Kier molecular flexibility index (Phi) is 3.49. The monoisotopic (exact) mass is 253 g/mol. The van der Waals surface area contributed by atoms with E-state index in [9.17, 15) is 0 Å². The minimum Gasteiger partial charge on any atom is -0.496 e. The molecule has 0 unspecified atom stereocenters.